The van der Waals surface area contributed by atoms with Crippen LogP contribution in [-0.4, -0.2) is 25.2 Å². The van der Waals surface area contributed by atoms with Crippen molar-refractivity contribution in [2.24, 2.45) is 0 Å². The average molecular weight is 312 g/mol. The Morgan fingerprint density at radius 3 is 2.75 bits per heavy atom. The van der Waals surface area contributed by atoms with Gasteiger partial charge < -0.3 is 0 Å². The van der Waals surface area contributed by atoms with Gasteiger partial charge in [0.25, 0.3) is 0 Å². The topological polar surface area (TPSA) is 75.0 Å². The molecule has 4 nitrogen and oxygen atoms in total. The van der Waals surface area contributed by atoms with Crippen LogP contribution in [0.25, 0.3) is 0 Å². The molecule has 0 bridgehead atoms. The molecule has 6 heteroatoms. The van der Waals surface area contributed by atoms with Crippen molar-refractivity contribution in [3.8, 4) is 6.07 Å². The molecule has 2 unspecified atom stereocenters. The van der Waals surface area contributed by atoms with Crippen LogP contribution >= 0.6 is 11.6 Å². The Hall–Kier alpha value is -1.38. The Morgan fingerprint density at radius 2 is 2.15 bits per heavy atom. The van der Waals surface area contributed by atoms with Gasteiger partial charge in [-0.3, -0.25) is 4.79 Å². The second-order valence-corrected chi connectivity index (χ2v) is 7.61. The van der Waals surface area contributed by atoms with Gasteiger partial charge in [0.05, 0.1) is 11.8 Å². The number of benzene rings is 1. The molecule has 1 saturated heterocycles. The molecule has 1 fully saturated rings. The van der Waals surface area contributed by atoms with Gasteiger partial charge in [-0.25, -0.2) is 8.42 Å². The average Bonchev–Trinajstić information content (AvgIpc) is 2.39. The summed E-state index contributed by atoms with van der Waals surface area (Å²) in [6.07, 6.45) is 1.59. The molecule has 0 aromatic heterocycles. The molecule has 1 aromatic rings. The number of ketones is 1. The van der Waals surface area contributed by atoms with E-state index in [1.807, 2.05) is 6.07 Å². The van der Waals surface area contributed by atoms with Crippen LogP contribution in [-0.2, 0) is 14.6 Å². The summed E-state index contributed by atoms with van der Waals surface area (Å²) >= 11 is 5.85. The lowest BCUT2D eigenvalue weighted by atomic mass is 9.92. The molecule has 106 valence electrons. The van der Waals surface area contributed by atoms with Crippen LogP contribution in [0.15, 0.2) is 24.3 Å². The van der Waals surface area contributed by atoms with Gasteiger partial charge in [0, 0.05) is 5.02 Å². The number of halogens is 1. The molecule has 0 saturated carbocycles. The van der Waals surface area contributed by atoms with Crippen molar-refractivity contribution in [1.82, 2.24) is 0 Å². The number of nitrogens with zero attached hydrogens (tertiary/aromatic N) is 1. The van der Waals surface area contributed by atoms with Gasteiger partial charge in [0.1, 0.15) is 11.2 Å². The van der Waals surface area contributed by atoms with Gasteiger partial charge in [-0.2, -0.15) is 5.26 Å². The molecule has 1 aromatic carbocycles. The van der Waals surface area contributed by atoms with Gasteiger partial charge in [-0.15, -0.1) is 0 Å². The van der Waals surface area contributed by atoms with E-state index in [1.54, 1.807) is 18.2 Å². The Kier molecular flexibility index (Phi) is 4.46. The summed E-state index contributed by atoms with van der Waals surface area (Å²) in [6.45, 7) is 0. The quantitative estimate of drug-likeness (QED) is 0.859. The Labute approximate surface area is 123 Å². The molecule has 1 aliphatic rings. The van der Waals surface area contributed by atoms with Crippen molar-refractivity contribution in [3.63, 3.8) is 0 Å². The molecule has 0 N–H and O–H groups in total. The van der Waals surface area contributed by atoms with Crippen LogP contribution < -0.4 is 0 Å². The lowest BCUT2D eigenvalue weighted by Crippen LogP contribution is -2.38. The van der Waals surface area contributed by atoms with Gasteiger partial charge in [0.15, 0.2) is 15.6 Å². The van der Waals surface area contributed by atoms with Crippen LogP contribution in [0, 0.1) is 11.3 Å². The second kappa shape index (κ2) is 5.94. The molecular formula is C14H14ClNO3S. The lowest BCUT2D eigenvalue weighted by molar-refractivity contribution is -0.119. The smallest absolute Gasteiger partial charge is 0.172 e. The number of carbonyl (C=O) groups excluding carboxylic acids is 1. The SMILES string of the molecule is N#CC(C(=O)C1CCCCS1(=O)=O)c1cccc(Cl)c1. The summed E-state index contributed by atoms with van der Waals surface area (Å²) in [6, 6.07) is 8.34. The monoisotopic (exact) mass is 311 g/mol. The number of hydrogen-bond donors (Lipinski definition) is 0. The highest BCUT2D eigenvalue weighted by atomic mass is 35.5. The molecule has 20 heavy (non-hydrogen) atoms. The maximum atomic E-state index is 12.4. The third-order valence-corrected chi connectivity index (χ3v) is 5.92. The number of hydrogen-bond acceptors (Lipinski definition) is 4. The van der Waals surface area contributed by atoms with Crippen LogP contribution in [0.3, 0.4) is 0 Å². The summed E-state index contributed by atoms with van der Waals surface area (Å²) in [7, 11) is -3.43. The van der Waals surface area contributed by atoms with E-state index >= 15 is 0 Å². The predicted octanol–water partition coefficient (Wildman–Crippen LogP) is 2.48. The van der Waals surface area contributed by atoms with E-state index in [9.17, 15) is 18.5 Å². The number of sulfone groups is 1. The second-order valence-electron chi connectivity index (χ2n) is 4.87. The van der Waals surface area contributed by atoms with Crippen molar-refractivity contribution in [1.29, 1.82) is 5.26 Å². The highest BCUT2D eigenvalue weighted by molar-refractivity contribution is 7.92. The maximum absolute atomic E-state index is 12.4. The standard InChI is InChI=1S/C14H14ClNO3S/c15-11-5-3-4-10(8-11)12(9-16)14(17)13-6-1-2-7-20(13,18)19/h3-5,8,12-13H,1-2,6-7H2. The highest BCUT2D eigenvalue weighted by Gasteiger charge is 2.38. The van der Waals surface area contributed by atoms with E-state index in [-0.39, 0.29) is 5.75 Å². The lowest BCUT2D eigenvalue weighted by Gasteiger charge is -2.23. The normalized spacial score (nSPS) is 22.7. The van der Waals surface area contributed by atoms with E-state index in [1.165, 1.54) is 6.07 Å². The number of nitriles is 1. The van der Waals surface area contributed by atoms with E-state index in [0.717, 1.165) is 0 Å². The molecule has 0 radical (unpaired) electrons. The molecule has 1 heterocycles. The molecule has 0 aliphatic carbocycles. The van der Waals surface area contributed by atoms with Crippen LogP contribution in [0.4, 0.5) is 0 Å². The maximum Gasteiger partial charge on any atom is 0.172 e. The fourth-order valence-electron chi connectivity index (χ4n) is 2.45. The summed E-state index contributed by atoms with van der Waals surface area (Å²) in [4.78, 5) is 12.4. The van der Waals surface area contributed by atoms with Crippen LogP contribution in [0.5, 0.6) is 0 Å². The summed E-state index contributed by atoms with van der Waals surface area (Å²) in [5, 5.41) is 8.60. The molecule has 0 amide bonds. The zero-order valence-corrected chi connectivity index (χ0v) is 12.3. The molecule has 0 spiro atoms. The third-order valence-electron chi connectivity index (χ3n) is 3.49. The van der Waals surface area contributed by atoms with Crippen molar-refractivity contribution < 1.29 is 13.2 Å². The van der Waals surface area contributed by atoms with Crippen molar-refractivity contribution in [3.05, 3.63) is 34.9 Å². The van der Waals surface area contributed by atoms with E-state index in [4.69, 9.17) is 11.6 Å². The van der Waals surface area contributed by atoms with Crippen molar-refractivity contribution >= 4 is 27.2 Å². The fourth-order valence-corrected chi connectivity index (χ4v) is 4.55. The third kappa shape index (κ3) is 3.02. The Balaban J connectivity index is 2.33. The van der Waals surface area contributed by atoms with Gasteiger partial charge >= 0.3 is 0 Å². The molecule has 2 atom stereocenters. The Morgan fingerprint density at radius 1 is 1.40 bits per heavy atom. The van der Waals surface area contributed by atoms with Gasteiger partial charge in [-0.05, 0) is 30.5 Å². The van der Waals surface area contributed by atoms with E-state index in [2.05, 4.69) is 0 Å². The first-order chi connectivity index (χ1) is 9.45. The minimum Gasteiger partial charge on any atom is -0.296 e. The fraction of sp³-hybridized carbons (Fsp3) is 0.429. The summed E-state index contributed by atoms with van der Waals surface area (Å²) in [5.41, 5.74) is 0.450. The summed E-state index contributed by atoms with van der Waals surface area (Å²) < 4.78 is 24.0. The molecular weight excluding hydrogens is 298 g/mol. The van der Waals surface area contributed by atoms with Crippen LogP contribution in [0.2, 0.25) is 5.02 Å². The Bertz CT molecular complexity index is 663. The van der Waals surface area contributed by atoms with Crippen molar-refractivity contribution in [2.45, 2.75) is 30.4 Å². The first-order valence-electron chi connectivity index (χ1n) is 6.36. The molecule has 2 rings (SSSR count). The largest absolute Gasteiger partial charge is 0.296 e. The van der Waals surface area contributed by atoms with Gasteiger partial charge in [-0.1, -0.05) is 30.2 Å². The summed E-state index contributed by atoms with van der Waals surface area (Å²) in [5.74, 6) is -1.59. The first-order valence-corrected chi connectivity index (χ1v) is 8.45. The first kappa shape index (κ1) is 15.0. The number of carbonyl (C=O) groups is 1. The zero-order valence-electron chi connectivity index (χ0n) is 10.8. The van der Waals surface area contributed by atoms with Crippen molar-refractivity contribution in [2.75, 3.05) is 5.75 Å². The molecule has 1 aliphatic heterocycles. The van der Waals surface area contributed by atoms with Crippen LogP contribution in [0.1, 0.15) is 30.7 Å². The minimum absolute atomic E-state index is 0.0249. The zero-order chi connectivity index (χ0) is 14.8. The number of Topliss-reactive ketones (excluding diaryl/α,β-unsaturated/α-hetero) is 1. The predicted molar refractivity (Wildman–Crippen MR) is 76.2 cm³/mol. The van der Waals surface area contributed by atoms with Gasteiger partial charge in [0.2, 0.25) is 0 Å². The minimum atomic E-state index is -3.43. The number of rotatable bonds is 3. The highest BCUT2D eigenvalue weighted by Crippen LogP contribution is 2.28. The van der Waals surface area contributed by atoms with E-state index in [0.29, 0.717) is 29.8 Å². The van der Waals surface area contributed by atoms with E-state index < -0.39 is 26.8 Å².